The number of nitrogens with one attached hydrogen (secondary N) is 1. The summed E-state index contributed by atoms with van der Waals surface area (Å²) in [4.78, 5) is 0. The molecule has 0 spiro atoms. The van der Waals surface area contributed by atoms with Gasteiger partial charge >= 0.3 is 0 Å². The lowest BCUT2D eigenvalue weighted by Gasteiger charge is -2.15. The average Bonchev–Trinajstić information content (AvgIpc) is 2.81. The number of fused-ring (bicyclic) bond motifs is 1. The first-order valence-electron chi connectivity index (χ1n) is 7.66. The van der Waals surface area contributed by atoms with Crippen LogP contribution in [0.1, 0.15) is 23.7 Å². The molecule has 0 saturated heterocycles. The SMILES string of the molecule is Cl.OC(CNCc1cccc2c1OCCCO2)c1ccccc1. The van der Waals surface area contributed by atoms with Crippen LogP contribution in [-0.2, 0) is 6.54 Å². The minimum absolute atomic E-state index is 0. The molecule has 1 heterocycles. The van der Waals surface area contributed by atoms with Gasteiger partial charge in [0, 0.05) is 25.1 Å². The molecule has 0 amide bonds. The number of aliphatic hydroxyl groups is 1. The van der Waals surface area contributed by atoms with Gasteiger partial charge in [0.1, 0.15) is 0 Å². The third-order valence-corrected chi connectivity index (χ3v) is 3.69. The number of rotatable bonds is 5. The van der Waals surface area contributed by atoms with Gasteiger partial charge in [-0.05, 0) is 11.6 Å². The third kappa shape index (κ3) is 4.61. The van der Waals surface area contributed by atoms with Crippen LogP contribution in [0.25, 0.3) is 0 Å². The minimum atomic E-state index is -0.513. The highest BCUT2D eigenvalue weighted by molar-refractivity contribution is 5.85. The lowest BCUT2D eigenvalue weighted by atomic mass is 10.1. The smallest absolute Gasteiger partial charge is 0.165 e. The summed E-state index contributed by atoms with van der Waals surface area (Å²) in [5.74, 6) is 1.63. The first-order chi connectivity index (χ1) is 10.8. The number of benzene rings is 2. The fraction of sp³-hybridized carbons (Fsp3) is 0.333. The van der Waals surface area contributed by atoms with Gasteiger partial charge in [-0.3, -0.25) is 0 Å². The van der Waals surface area contributed by atoms with E-state index in [-0.39, 0.29) is 12.4 Å². The largest absolute Gasteiger partial charge is 0.490 e. The summed E-state index contributed by atoms with van der Waals surface area (Å²) >= 11 is 0. The van der Waals surface area contributed by atoms with Crippen LogP contribution in [0.2, 0.25) is 0 Å². The number of hydrogen-bond donors (Lipinski definition) is 2. The van der Waals surface area contributed by atoms with E-state index in [1.165, 1.54) is 0 Å². The minimum Gasteiger partial charge on any atom is -0.490 e. The van der Waals surface area contributed by atoms with Crippen molar-refractivity contribution in [2.24, 2.45) is 0 Å². The topological polar surface area (TPSA) is 50.7 Å². The van der Waals surface area contributed by atoms with Crippen molar-refractivity contribution >= 4 is 12.4 Å². The number of para-hydroxylation sites is 1. The Kier molecular flexibility index (Phi) is 6.71. The standard InChI is InChI=1S/C18H21NO3.ClH/c20-16(14-6-2-1-3-7-14)13-19-12-15-8-4-9-17-18(15)22-11-5-10-21-17;/h1-4,6-9,16,19-20H,5,10-13H2;1H. The summed E-state index contributed by atoms with van der Waals surface area (Å²) in [7, 11) is 0. The van der Waals surface area contributed by atoms with Crippen molar-refractivity contribution in [2.45, 2.75) is 19.1 Å². The fourth-order valence-corrected chi connectivity index (χ4v) is 2.53. The molecule has 0 aliphatic carbocycles. The predicted molar refractivity (Wildman–Crippen MR) is 92.4 cm³/mol. The molecule has 0 fully saturated rings. The van der Waals surface area contributed by atoms with Gasteiger partial charge < -0.3 is 19.9 Å². The van der Waals surface area contributed by atoms with E-state index in [2.05, 4.69) is 5.32 Å². The highest BCUT2D eigenvalue weighted by Gasteiger charge is 2.14. The van der Waals surface area contributed by atoms with Gasteiger partial charge in [-0.1, -0.05) is 42.5 Å². The van der Waals surface area contributed by atoms with E-state index in [0.717, 1.165) is 29.0 Å². The van der Waals surface area contributed by atoms with Crippen LogP contribution in [0, 0.1) is 0 Å². The first kappa shape index (κ1) is 17.6. The summed E-state index contributed by atoms with van der Waals surface area (Å²) in [6.45, 7) is 2.50. The molecule has 2 aromatic carbocycles. The van der Waals surface area contributed by atoms with Crippen molar-refractivity contribution in [3.8, 4) is 11.5 Å². The van der Waals surface area contributed by atoms with Crippen LogP contribution in [-0.4, -0.2) is 24.9 Å². The van der Waals surface area contributed by atoms with E-state index in [1.807, 2.05) is 48.5 Å². The Labute approximate surface area is 142 Å². The molecule has 1 unspecified atom stereocenters. The van der Waals surface area contributed by atoms with Crippen LogP contribution in [0.3, 0.4) is 0 Å². The van der Waals surface area contributed by atoms with Gasteiger partial charge in [-0.2, -0.15) is 0 Å². The zero-order valence-corrected chi connectivity index (χ0v) is 13.7. The van der Waals surface area contributed by atoms with E-state index >= 15 is 0 Å². The quantitative estimate of drug-likeness (QED) is 0.881. The highest BCUT2D eigenvalue weighted by Crippen LogP contribution is 2.33. The highest BCUT2D eigenvalue weighted by atomic mass is 35.5. The first-order valence-corrected chi connectivity index (χ1v) is 7.66. The molecule has 1 atom stereocenters. The van der Waals surface area contributed by atoms with Gasteiger partial charge in [0.05, 0.1) is 19.3 Å². The molecule has 2 aromatic rings. The van der Waals surface area contributed by atoms with E-state index < -0.39 is 6.10 Å². The number of hydrogen-bond acceptors (Lipinski definition) is 4. The molecule has 0 aromatic heterocycles. The van der Waals surface area contributed by atoms with Crippen molar-refractivity contribution in [1.82, 2.24) is 5.32 Å². The number of aliphatic hydroxyl groups excluding tert-OH is 1. The Balaban J connectivity index is 0.00000192. The average molecular weight is 336 g/mol. The van der Waals surface area contributed by atoms with Crippen molar-refractivity contribution < 1.29 is 14.6 Å². The fourth-order valence-electron chi connectivity index (χ4n) is 2.53. The molecule has 3 rings (SSSR count). The Morgan fingerprint density at radius 1 is 1.00 bits per heavy atom. The molecule has 0 saturated carbocycles. The lowest BCUT2D eigenvalue weighted by Crippen LogP contribution is -2.21. The summed E-state index contributed by atoms with van der Waals surface area (Å²) in [6, 6.07) is 15.6. The zero-order valence-electron chi connectivity index (χ0n) is 12.9. The second-order valence-corrected chi connectivity index (χ2v) is 5.35. The lowest BCUT2D eigenvalue weighted by molar-refractivity contribution is 0.174. The molecule has 1 aliphatic heterocycles. The molecule has 0 radical (unpaired) electrons. The second-order valence-electron chi connectivity index (χ2n) is 5.35. The van der Waals surface area contributed by atoms with Gasteiger partial charge in [-0.15, -0.1) is 12.4 Å². The van der Waals surface area contributed by atoms with Crippen LogP contribution < -0.4 is 14.8 Å². The monoisotopic (exact) mass is 335 g/mol. The molecular weight excluding hydrogens is 314 g/mol. The molecular formula is C18H22ClNO3. The molecule has 4 nitrogen and oxygen atoms in total. The molecule has 5 heteroatoms. The van der Waals surface area contributed by atoms with Gasteiger partial charge in [0.25, 0.3) is 0 Å². The third-order valence-electron chi connectivity index (χ3n) is 3.69. The molecule has 0 bridgehead atoms. The Morgan fingerprint density at radius 2 is 1.78 bits per heavy atom. The Hall–Kier alpha value is -1.75. The summed E-state index contributed by atoms with van der Waals surface area (Å²) in [5.41, 5.74) is 1.97. The van der Waals surface area contributed by atoms with Crippen LogP contribution in [0.5, 0.6) is 11.5 Å². The van der Waals surface area contributed by atoms with Crippen molar-refractivity contribution in [1.29, 1.82) is 0 Å². The van der Waals surface area contributed by atoms with E-state index in [9.17, 15) is 5.11 Å². The maximum absolute atomic E-state index is 10.2. The van der Waals surface area contributed by atoms with E-state index in [0.29, 0.717) is 26.3 Å². The normalized spacial score (nSPS) is 14.5. The molecule has 2 N–H and O–H groups in total. The predicted octanol–water partition coefficient (Wildman–Crippen LogP) is 3.09. The Bertz CT molecular complexity index is 606. The summed E-state index contributed by atoms with van der Waals surface area (Å²) in [5, 5.41) is 13.4. The van der Waals surface area contributed by atoms with Gasteiger partial charge in [0.2, 0.25) is 0 Å². The zero-order chi connectivity index (χ0) is 15.2. The number of ether oxygens (including phenoxy) is 2. The summed E-state index contributed by atoms with van der Waals surface area (Å²) < 4.78 is 11.5. The maximum atomic E-state index is 10.2. The van der Waals surface area contributed by atoms with Crippen molar-refractivity contribution in [3.05, 3.63) is 59.7 Å². The molecule has 23 heavy (non-hydrogen) atoms. The van der Waals surface area contributed by atoms with Gasteiger partial charge in [0.15, 0.2) is 11.5 Å². The van der Waals surface area contributed by atoms with Gasteiger partial charge in [-0.25, -0.2) is 0 Å². The number of halogens is 1. The molecule has 124 valence electrons. The van der Waals surface area contributed by atoms with Crippen molar-refractivity contribution in [3.63, 3.8) is 0 Å². The molecule has 1 aliphatic rings. The van der Waals surface area contributed by atoms with E-state index in [4.69, 9.17) is 9.47 Å². The summed E-state index contributed by atoms with van der Waals surface area (Å²) in [6.07, 6.45) is 0.384. The van der Waals surface area contributed by atoms with E-state index in [1.54, 1.807) is 0 Å². The van der Waals surface area contributed by atoms with Crippen LogP contribution in [0.4, 0.5) is 0 Å². The van der Waals surface area contributed by atoms with Crippen LogP contribution >= 0.6 is 12.4 Å². The Morgan fingerprint density at radius 3 is 2.61 bits per heavy atom. The van der Waals surface area contributed by atoms with Crippen molar-refractivity contribution in [2.75, 3.05) is 19.8 Å². The van der Waals surface area contributed by atoms with Crippen LogP contribution in [0.15, 0.2) is 48.5 Å². The maximum Gasteiger partial charge on any atom is 0.165 e. The second kappa shape index (κ2) is 8.77.